The number of hydrogen-bond acceptors (Lipinski definition) is 4. The number of anilines is 1. The summed E-state index contributed by atoms with van der Waals surface area (Å²) in [6.07, 6.45) is -1.12. The molecule has 0 unspecified atom stereocenters. The molecule has 0 bridgehead atoms. The second-order valence-corrected chi connectivity index (χ2v) is 5.14. The minimum atomic E-state index is -1.12. The fraction of sp³-hybridized carbons (Fsp3) is 0.125. The summed E-state index contributed by atoms with van der Waals surface area (Å²) in [6, 6.07) is 9.05. The lowest BCUT2D eigenvalue weighted by atomic mass is 10.2. The van der Waals surface area contributed by atoms with E-state index in [1.165, 1.54) is 49.4 Å². The van der Waals surface area contributed by atoms with Crippen molar-refractivity contribution in [3.63, 3.8) is 0 Å². The number of hydrogen-bond donors (Lipinski definition) is 2. The quantitative estimate of drug-likeness (QED) is 0.839. The van der Waals surface area contributed by atoms with Gasteiger partial charge >= 0.3 is 5.97 Å². The van der Waals surface area contributed by atoms with Gasteiger partial charge in [-0.1, -0.05) is 11.6 Å². The zero-order valence-electron chi connectivity index (χ0n) is 12.0. The smallest absolute Gasteiger partial charge is 0.342 e. The van der Waals surface area contributed by atoms with Crippen molar-refractivity contribution in [3.05, 3.63) is 58.9 Å². The number of esters is 1. The number of rotatable bonds is 4. The molecule has 0 aromatic heterocycles. The zero-order valence-corrected chi connectivity index (χ0v) is 12.8. The maximum absolute atomic E-state index is 12.8. The SMILES string of the molecule is C[C@H](OC(=O)c1cc(Cl)ccc1O)C(=O)Nc1ccc(F)cc1. The normalized spacial score (nSPS) is 11.6. The maximum Gasteiger partial charge on any atom is 0.342 e. The molecule has 0 aliphatic carbocycles. The molecule has 0 aliphatic heterocycles. The second-order valence-electron chi connectivity index (χ2n) is 4.71. The summed E-state index contributed by atoms with van der Waals surface area (Å²) in [6.45, 7) is 1.37. The fourth-order valence-electron chi connectivity index (χ4n) is 1.73. The van der Waals surface area contributed by atoms with E-state index in [0.717, 1.165) is 0 Å². The highest BCUT2D eigenvalue weighted by atomic mass is 35.5. The third kappa shape index (κ3) is 4.43. The fourth-order valence-corrected chi connectivity index (χ4v) is 1.90. The minimum Gasteiger partial charge on any atom is -0.507 e. The van der Waals surface area contributed by atoms with E-state index in [2.05, 4.69) is 5.32 Å². The Bertz CT molecular complexity index is 733. The van der Waals surface area contributed by atoms with Crippen LogP contribution in [0.5, 0.6) is 5.75 Å². The van der Waals surface area contributed by atoms with E-state index >= 15 is 0 Å². The first-order valence-electron chi connectivity index (χ1n) is 6.63. The van der Waals surface area contributed by atoms with Crippen LogP contribution in [0.3, 0.4) is 0 Å². The van der Waals surface area contributed by atoms with Gasteiger partial charge in [-0.25, -0.2) is 9.18 Å². The number of carbonyl (C=O) groups is 2. The molecule has 1 atom stereocenters. The van der Waals surface area contributed by atoms with Crippen LogP contribution in [0.2, 0.25) is 5.02 Å². The van der Waals surface area contributed by atoms with E-state index < -0.39 is 23.8 Å². The lowest BCUT2D eigenvalue weighted by molar-refractivity contribution is -0.123. The van der Waals surface area contributed by atoms with Crippen molar-refractivity contribution < 1.29 is 23.8 Å². The Kier molecular flexibility index (Phi) is 5.18. The molecule has 0 saturated carbocycles. The van der Waals surface area contributed by atoms with Crippen LogP contribution in [0, 0.1) is 5.82 Å². The van der Waals surface area contributed by atoms with Crippen LogP contribution < -0.4 is 5.32 Å². The molecule has 0 fully saturated rings. The van der Waals surface area contributed by atoms with Crippen LogP contribution in [0.15, 0.2) is 42.5 Å². The first-order chi connectivity index (χ1) is 10.9. The van der Waals surface area contributed by atoms with Crippen LogP contribution in [-0.4, -0.2) is 23.1 Å². The zero-order chi connectivity index (χ0) is 17.0. The molecule has 0 aliphatic rings. The monoisotopic (exact) mass is 337 g/mol. The lowest BCUT2D eigenvalue weighted by Gasteiger charge is -2.14. The number of halogens is 2. The van der Waals surface area contributed by atoms with E-state index in [1.54, 1.807) is 0 Å². The highest BCUT2D eigenvalue weighted by Crippen LogP contribution is 2.22. The second kappa shape index (κ2) is 7.11. The Hall–Kier alpha value is -2.60. The average Bonchev–Trinajstić information content (AvgIpc) is 2.51. The first-order valence-corrected chi connectivity index (χ1v) is 7.00. The van der Waals surface area contributed by atoms with Crippen molar-refractivity contribution in [1.82, 2.24) is 0 Å². The molecule has 2 N–H and O–H groups in total. The summed E-state index contributed by atoms with van der Waals surface area (Å²) in [5.74, 6) is -2.21. The van der Waals surface area contributed by atoms with Gasteiger partial charge in [-0.3, -0.25) is 4.79 Å². The summed E-state index contributed by atoms with van der Waals surface area (Å²) in [5.41, 5.74) is 0.226. The van der Waals surface area contributed by atoms with Gasteiger partial charge in [0.15, 0.2) is 6.10 Å². The van der Waals surface area contributed by atoms with E-state index in [1.807, 2.05) is 0 Å². The van der Waals surface area contributed by atoms with Crippen LogP contribution in [0.1, 0.15) is 17.3 Å². The third-order valence-corrected chi connectivity index (χ3v) is 3.18. The van der Waals surface area contributed by atoms with E-state index in [9.17, 15) is 19.1 Å². The topological polar surface area (TPSA) is 75.6 Å². The van der Waals surface area contributed by atoms with E-state index in [-0.39, 0.29) is 16.3 Å². The molecule has 0 saturated heterocycles. The number of ether oxygens (including phenoxy) is 1. The summed E-state index contributed by atoms with van der Waals surface area (Å²) in [5, 5.41) is 12.4. The van der Waals surface area contributed by atoms with Gasteiger partial charge in [-0.15, -0.1) is 0 Å². The summed E-state index contributed by atoms with van der Waals surface area (Å²) in [7, 11) is 0. The van der Waals surface area contributed by atoms with Crippen molar-refractivity contribution >= 4 is 29.2 Å². The van der Waals surface area contributed by atoms with Crippen LogP contribution in [-0.2, 0) is 9.53 Å². The number of nitrogens with one attached hydrogen (secondary N) is 1. The highest BCUT2D eigenvalue weighted by molar-refractivity contribution is 6.31. The van der Waals surface area contributed by atoms with E-state index in [0.29, 0.717) is 5.69 Å². The Morgan fingerprint density at radius 2 is 1.87 bits per heavy atom. The molecule has 120 valence electrons. The molecular formula is C16H13ClFNO4. The molecule has 0 spiro atoms. The Morgan fingerprint density at radius 3 is 2.52 bits per heavy atom. The van der Waals surface area contributed by atoms with E-state index in [4.69, 9.17) is 16.3 Å². The van der Waals surface area contributed by atoms with Crippen molar-refractivity contribution in [2.75, 3.05) is 5.32 Å². The number of phenols is 1. The summed E-state index contributed by atoms with van der Waals surface area (Å²) in [4.78, 5) is 23.9. The molecular weight excluding hydrogens is 325 g/mol. The highest BCUT2D eigenvalue weighted by Gasteiger charge is 2.21. The number of aromatic hydroxyl groups is 1. The molecule has 5 nitrogen and oxygen atoms in total. The number of benzene rings is 2. The van der Waals surface area contributed by atoms with Gasteiger partial charge in [0.05, 0.1) is 0 Å². The van der Waals surface area contributed by atoms with Crippen LogP contribution in [0.4, 0.5) is 10.1 Å². The predicted octanol–water partition coefficient (Wildman–Crippen LogP) is 3.37. The first kappa shape index (κ1) is 16.8. The number of phenolic OH excluding ortho intramolecular Hbond substituents is 1. The minimum absolute atomic E-state index is 0.140. The number of amides is 1. The summed E-state index contributed by atoms with van der Waals surface area (Å²) >= 11 is 5.75. The number of carbonyl (C=O) groups excluding carboxylic acids is 2. The third-order valence-electron chi connectivity index (χ3n) is 2.94. The summed E-state index contributed by atoms with van der Waals surface area (Å²) < 4.78 is 17.8. The maximum atomic E-state index is 12.8. The van der Waals surface area contributed by atoms with Crippen molar-refractivity contribution in [2.45, 2.75) is 13.0 Å². The molecule has 7 heteroatoms. The van der Waals surface area contributed by atoms with Gasteiger partial charge in [-0.2, -0.15) is 0 Å². The molecule has 1 amide bonds. The van der Waals surface area contributed by atoms with Gasteiger partial charge in [-0.05, 0) is 49.4 Å². The Balaban J connectivity index is 2.01. The Morgan fingerprint density at radius 1 is 1.22 bits per heavy atom. The lowest BCUT2D eigenvalue weighted by Crippen LogP contribution is -2.30. The molecule has 23 heavy (non-hydrogen) atoms. The molecule has 0 heterocycles. The van der Waals surface area contributed by atoms with Gasteiger partial charge in [0.25, 0.3) is 5.91 Å². The molecule has 0 radical (unpaired) electrons. The van der Waals surface area contributed by atoms with Crippen molar-refractivity contribution in [1.29, 1.82) is 0 Å². The largest absolute Gasteiger partial charge is 0.507 e. The average molecular weight is 338 g/mol. The van der Waals surface area contributed by atoms with Crippen LogP contribution >= 0.6 is 11.6 Å². The van der Waals surface area contributed by atoms with Gasteiger partial charge in [0, 0.05) is 10.7 Å². The predicted molar refractivity (Wildman–Crippen MR) is 83.0 cm³/mol. The Labute approximate surface area is 136 Å². The van der Waals surface area contributed by atoms with Crippen LogP contribution in [0.25, 0.3) is 0 Å². The van der Waals surface area contributed by atoms with Gasteiger partial charge in [0.2, 0.25) is 0 Å². The van der Waals surface area contributed by atoms with Gasteiger partial charge < -0.3 is 15.2 Å². The standard InChI is InChI=1S/C16H13ClFNO4/c1-9(15(21)19-12-5-3-11(18)4-6-12)23-16(22)13-8-10(17)2-7-14(13)20/h2-9,20H,1H3,(H,19,21)/t9-/m0/s1. The molecule has 2 aromatic carbocycles. The van der Waals surface area contributed by atoms with Gasteiger partial charge in [0.1, 0.15) is 17.1 Å². The van der Waals surface area contributed by atoms with Crippen molar-refractivity contribution in [2.24, 2.45) is 0 Å². The van der Waals surface area contributed by atoms with Crippen molar-refractivity contribution in [3.8, 4) is 5.75 Å². The molecule has 2 rings (SSSR count). The molecule has 2 aromatic rings.